The van der Waals surface area contributed by atoms with Gasteiger partial charge in [0.25, 0.3) is 0 Å². The highest BCUT2D eigenvalue weighted by Gasteiger charge is 2.56. The monoisotopic (exact) mass is 366 g/mol. The molecule has 4 rings (SSSR count). The van der Waals surface area contributed by atoms with Gasteiger partial charge in [0.1, 0.15) is 5.41 Å². The van der Waals surface area contributed by atoms with Gasteiger partial charge in [-0.3, -0.25) is 9.59 Å². The van der Waals surface area contributed by atoms with E-state index in [2.05, 4.69) is 10.6 Å². The number of hydrogen-bond acceptors (Lipinski definition) is 4. The minimum Gasteiger partial charge on any atom is -0.454 e. The van der Waals surface area contributed by atoms with Gasteiger partial charge in [-0.2, -0.15) is 0 Å². The van der Waals surface area contributed by atoms with Crippen molar-refractivity contribution in [2.75, 3.05) is 12.1 Å². The minimum atomic E-state index is -0.963. The van der Waals surface area contributed by atoms with Crippen LogP contribution in [0.4, 0.5) is 5.69 Å². The molecule has 1 fully saturated rings. The minimum absolute atomic E-state index is 0.215. The molecule has 1 aliphatic heterocycles. The second-order valence-corrected chi connectivity index (χ2v) is 7.21. The predicted molar refractivity (Wildman–Crippen MR) is 101 cm³/mol. The first-order valence-electron chi connectivity index (χ1n) is 9.03. The first-order valence-corrected chi connectivity index (χ1v) is 9.03. The molecule has 0 spiro atoms. The molecule has 140 valence electrons. The van der Waals surface area contributed by atoms with Crippen LogP contribution >= 0.6 is 0 Å². The molecule has 0 radical (unpaired) electrons. The molecular weight excluding hydrogens is 344 g/mol. The summed E-state index contributed by atoms with van der Waals surface area (Å²) in [7, 11) is 0. The van der Waals surface area contributed by atoms with Crippen molar-refractivity contribution < 1.29 is 19.1 Å². The molecule has 2 amide bonds. The normalized spacial score (nSPS) is 15.9. The van der Waals surface area contributed by atoms with Crippen LogP contribution in [0.5, 0.6) is 11.5 Å². The lowest BCUT2D eigenvalue weighted by atomic mass is 10.0. The largest absolute Gasteiger partial charge is 0.454 e. The van der Waals surface area contributed by atoms with Crippen LogP contribution in [-0.2, 0) is 16.1 Å². The highest BCUT2D eigenvalue weighted by molar-refractivity contribution is 6.13. The zero-order valence-corrected chi connectivity index (χ0v) is 15.4. The maximum atomic E-state index is 12.7. The SMILES string of the molecule is Cc1ccc(NC(=O)C2(C(=O)NCc3ccc4c(c3)OCO4)CC2)cc1C. The second kappa shape index (κ2) is 6.61. The molecule has 0 unspecified atom stereocenters. The van der Waals surface area contributed by atoms with Crippen LogP contribution in [0.3, 0.4) is 0 Å². The quantitative estimate of drug-likeness (QED) is 0.798. The van der Waals surface area contributed by atoms with E-state index in [1.54, 1.807) is 0 Å². The first kappa shape index (κ1) is 17.4. The number of benzene rings is 2. The molecule has 1 heterocycles. The van der Waals surface area contributed by atoms with Gasteiger partial charge in [-0.05, 0) is 67.6 Å². The molecule has 1 saturated carbocycles. The van der Waals surface area contributed by atoms with E-state index in [1.807, 2.05) is 50.2 Å². The van der Waals surface area contributed by atoms with Crippen LogP contribution in [0.2, 0.25) is 0 Å². The maximum absolute atomic E-state index is 12.7. The number of carbonyl (C=O) groups excluding carboxylic acids is 2. The third-order valence-electron chi connectivity index (χ3n) is 5.27. The smallest absolute Gasteiger partial charge is 0.240 e. The van der Waals surface area contributed by atoms with Crippen molar-refractivity contribution in [3.63, 3.8) is 0 Å². The Morgan fingerprint density at radius 2 is 1.74 bits per heavy atom. The van der Waals surface area contributed by atoms with E-state index in [9.17, 15) is 9.59 Å². The van der Waals surface area contributed by atoms with E-state index < -0.39 is 5.41 Å². The summed E-state index contributed by atoms with van der Waals surface area (Å²) in [5.41, 5.74) is 2.92. The Morgan fingerprint density at radius 1 is 0.963 bits per heavy atom. The summed E-state index contributed by atoms with van der Waals surface area (Å²) in [5, 5.41) is 5.77. The van der Waals surface area contributed by atoms with Gasteiger partial charge in [0, 0.05) is 12.2 Å². The number of nitrogens with one attached hydrogen (secondary N) is 2. The second-order valence-electron chi connectivity index (χ2n) is 7.21. The summed E-state index contributed by atoms with van der Waals surface area (Å²) >= 11 is 0. The summed E-state index contributed by atoms with van der Waals surface area (Å²) in [4.78, 5) is 25.3. The van der Waals surface area contributed by atoms with E-state index in [0.29, 0.717) is 30.9 Å². The van der Waals surface area contributed by atoms with E-state index in [1.165, 1.54) is 0 Å². The van der Waals surface area contributed by atoms with E-state index >= 15 is 0 Å². The Bertz CT molecular complexity index is 918. The number of anilines is 1. The Morgan fingerprint density at radius 3 is 2.48 bits per heavy atom. The van der Waals surface area contributed by atoms with Crippen molar-refractivity contribution in [1.29, 1.82) is 0 Å². The Balaban J connectivity index is 1.38. The number of ether oxygens (including phenoxy) is 2. The topological polar surface area (TPSA) is 76.7 Å². The Hall–Kier alpha value is -3.02. The number of rotatable bonds is 5. The zero-order valence-electron chi connectivity index (χ0n) is 15.4. The maximum Gasteiger partial charge on any atom is 0.240 e. The van der Waals surface area contributed by atoms with Gasteiger partial charge in [-0.25, -0.2) is 0 Å². The molecular formula is C21H22N2O4. The first-order chi connectivity index (χ1) is 13.0. The molecule has 2 N–H and O–H groups in total. The fourth-order valence-corrected chi connectivity index (χ4v) is 3.15. The van der Waals surface area contributed by atoms with Crippen LogP contribution in [0.25, 0.3) is 0 Å². The summed E-state index contributed by atoms with van der Waals surface area (Å²) in [6.07, 6.45) is 1.13. The lowest BCUT2D eigenvalue weighted by Gasteiger charge is -2.16. The predicted octanol–water partition coefficient (Wildman–Crippen LogP) is 3.07. The highest BCUT2D eigenvalue weighted by atomic mass is 16.7. The number of fused-ring (bicyclic) bond motifs is 1. The van der Waals surface area contributed by atoms with Crippen LogP contribution in [0, 0.1) is 19.3 Å². The van der Waals surface area contributed by atoms with Gasteiger partial charge in [-0.1, -0.05) is 12.1 Å². The van der Waals surface area contributed by atoms with Gasteiger partial charge < -0.3 is 20.1 Å². The Labute approximate surface area is 157 Å². The summed E-state index contributed by atoms with van der Waals surface area (Å²) in [6.45, 7) is 4.57. The van der Waals surface area contributed by atoms with Gasteiger partial charge >= 0.3 is 0 Å². The zero-order chi connectivity index (χ0) is 19.0. The molecule has 0 aromatic heterocycles. The number of amides is 2. The van der Waals surface area contributed by atoms with Crippen molar-refractivity contribution in [1.82, 2.24) is 5.32 Å². The molecule has 2 aromatic rings. The fraction of sp³-hybridized carbons (Fsp3) is 0.333. The van der Waals surface area contributed by atoms with Crippen molar-refractivity contribution in [3.8, 4) is 11.5 Å². The molecule has 0 atom stereocenters. The van der Waals surface area contributed by atoms with Gasteiger partial charge in [0.15, 0.2) is 11.5 Å². The van der Waals surface area contributed by atoms with Crippen molar-refractivity contribution in [2.24, 2.45) is 5.41 Å². The van der Waals surface area contributed by atoms with Crippen LogP contribution in [0.1, 0.15) is 29.5 Å². The number of aryl methyl sites for hydroxylation is 2. The lowest BCUT2D eigenvalue weighted by Crippen LogP contribution is -2.39. The van der Waals surface area contributed by atoms with E-state index in [-0.39, 0.29) is 18.6 Å². The van der Waals surface area contributed by atoms with E-state index in [4.69, 9.17) is 9.47 Å². The van der Waals surface area contributed by atoms with Crippen molar-refractivity contribution in [2.45, 2.75) is 33.2 Å². The summed E-state index contributed by atoms with van der Waals surface area (Å²) < 4.78 is 10.6. The highest BCUT2D eigenvalue weighted by Crippen LogP contribution is 2.47. The van der Waals surface area contributed by atoms with Crippen LogP contribution in [-0.4, -0.2) is 18.6 Å². The number of carbonyl (C=O) groups is 2. The summed E-state index contributed by atoms with van der Waals surface area (Å²) in [5.74, 6) is 0.905. The van der Waals surface area contributed by atoms with Gasteiger partial charge in [-0.15, -0.1) is 0 Å². The Kier molecular flexibility index (Phi) is 4.26. The molecule has 27 heavy (non-hydrogen) atoms. The molecule has 0 saturated heterocycles. The molecule has 0 bridgehead atoms. The average molecular weight is 366 g/mol. The molecule has 6 nitrogen and oxygen atoms in total. The van der Waals surface area contributed by atoms with Crippen LogP contribution in [0.15, 0.2) is 36.4 Å². The average Bonchev–Trinajstić information content (AvgIpc) is 3.34. The lowest BCUT2D eigenvalue weighted by molar-refractivity contribution is -0.134. The van der Waals surface area contributed by atoms with E-state index in [0.717, 1.165) is 22.4 Å². The molecule has 6 heteroatoms. The molecule has 2 aromatic carbocycles. The third-order valence-corrected chi connectivity index (χ3v) is 5.27. The standard InChI is InChI=1S/C21H22N2O4/c1-13-3-5-16(9-14(13)2)23-20(25)21(7-8-21)19(24)22-11-15-4-6-17-18(10-15)27-12-26-17/h3-6,9-10H,7-8,11-12H2,1-2H3,(H,22,24)(H,23,25). The summed E-state index contributed by atoms with van der Waals surface area (Å²) in [6, 6.07) is 11.3. The van der Waals surface area contributed by atoms with Gasteiger partial charge in [0.2, 0.25) is 18.6 Å². The number of hydrogen-bond donors (Lipinski definition) is 2. The molecule has 2 aliphatic rings. The third kappa shape index (κ3) is 3.35. The van der Waals surface area contributed by atoms with Crippen molar-refractivity contribution >= 4 is 17.5 Å². The fourth-order valence-electron chi connectivity index (χ4n) is 3.15. The van der Waals surface area contributed by atoms with Gasteiger partial charge in [0.05, 0.1) is 0 Å². The van der Waals surface area contributed by atoms with Crippen LogP contribution < -0.4 is 20.1 Å². The molecule has 1 aliphatic carbocycles. The van der Waals surface area contributed by atoms with Crippen molar-refractivity contribution in [3.05, 3.63) is 53.1 Å².